The maximum absolute atomic E-state index is 12.0. The molecule has 0 unspecified atom stereocenters. The molecule has 0 radical (unpaired) electrons. The second-order valence-electron chi connectivity index (χ2n) is 17.4. The lowest BCUT2D eigenvalue weighted by Gasteiger charge is -2.11. The molecule has 1 N–H and O–H groups in total. The minimum absolute atomic E-state index is 0.0117. The van der Waals surface area contributed by atoms with Crippen molar-refractivity contribution in [1.29, 1.82) is 0 Å². The van der Waals surface area contributed by atoms with Crippen LogP contribution in [0.4, 0.5) is 0 Å². The van der Waals surface area contributed by atoms with E-state index in [1.165, 1.54) is 192 Å². The second-order valence-corrected chi connectivity index (χ2v) is 18.9. The van der Waals surface area contributed by atoms with Crippen molar-refractivity contribution >= 4 is 7.82 Å². The van der Waals surface area contributed by atoms with Crippen LogP contribution in [0.2, 0.25) is 0 Å². The molecule has 0 saturated carbocycles. The van der Waals surface area contributed by atoms with Gasteiger partial charge < -0.3 is 14.7 Å². The largest absolute Gasteiger partial charge is 0.472 e. The number of hydrogen-bond acceptors (Lipinski definition) is 23. The summed E-state index contributed by atoms with van der Waals surface area (Å²) in [5, 5.41) is 64.4. The summed E-state index contributed by atoms with van der Waals surface area (Å²) in [6.45, 7) is 4.28. The predicted octanol–water partition coefficient (Wildman–Crippen LogP) is 15.8. The fraction of sp³-hybridized carbons (Fsp3) is 0.917. The van der Waals surface area contributed by atoms with Crippen LogP contribution in [0, 0.1) is 0 Å². The van der Waals surface area contributed by atoms with Gasteiger partial charge in [0.1, 0.15) is 12.5 Å². The maximum atomic E-state index is 12.0. The maximum Gasteiger partial charge on any atom is 0.472 e. The molecule has 0 saturated heterocycles. The van der Waals surface area contributed by atoms with Crippen LogP contribution in [0.15, 0.2) is 24.7 Å². The third-order valence-electron chi connectivity index (χ3n) is 11.1. The Balaban J connectivity index is 3.26. The predicted molar refractivity (Wildman–Crippen MR) is 258 cm³/mol. The molecule has 0 spiro atoms. The standard InChI is InChI=1S/C48H95O24P/c1-3-5-7-9-11-13-15-17-19-21-23-25-27-29-31-33-35-37-43-51-57-61-65-69-71-67-63-59-53-45-39-41-47-55-73(49,50)56-48-42-40-46-54-60-64-68-72-70-66-62-58-52-44-38-36-34-32-30-28-26-24-22-20-18-16-14-12-10-8-6-4-2/h37-38,43-44H,3-36,39-42,45-48H2,1-2H3,(H,49,50). The Morgan fingerprint density at radius 2 is 0.521 bits per heavy atom. The van der Waals surface area contributed by atoms with Gasteiger partial charge in [0, 0.05) is 40.3 Å². The van der Waals surface area contributed by atoms with Crippen molar-refractivity contribution in [1.82, 2.24) is 0 Å². The molecule has 0 aliphatic rings. The smallest absolute Gasteiger partial charge is 0.314 e. The Kier molecular flexibility index (Phi) is 63.4. The molecule has 0 amide bonds. The Morgan fingerprint density at radius 1 is 0.288 bits per heavy atom. The Bertz CT molecular complexity index is 1050. The van der Waals surface area contributed by atoms with Crippen molar-refractivity contribution in [2.75, 3.05) is 26.4 Å². The highest BCUT2D eigenvalue weighted by Gasteiger charge is 2.20. The third kappa shape index (κ3) is 66.5. The first kappa shape index (κ1) is 71.5. The Morgan fingerprint density at radius 3 is 0.808 bits per heavy atom. The number of hydrogen-bond donors (Lipinski definition) is 1. The SMILES string of the molecule is CCCCCCCCCCCCCCCCCCC=COOOOOOOOOOCCCCOP(=O)(O)OCCCCOOOOOOOOOOC=CCCCCCCCCCCCCCCCCCC. The zero-order chi connectivity index (χ0) is 52.6. The van der Waals surface area contributed by atoms with E-state index in [0.717, 1.165) is 38.5 Å². The molecule has 0 aliphatic carbocycles. The van der Waals surface area contributed by atoms with Crippen LogP contribution in [-0.2, 0) is 114 Å². The average molecular weight is 1090 g/mol. The summed E-state index contributed by atoms with van der Waals surface area (Å²) in [7, 11) is -4.28. The van der Waals surface area contributed by atoms with Crippen LogP contribution in [0.3, 0.4) is 0 Å². The first-order valence-electron chi connectivity index (χ1n) is 27.3. The molecule has 73 heavy (non-hydrogen) atoms. The summed E-state index contributed by atoms with van der Waals surface area (Å²) in [5.74, 6) is 0. The van der Waals surface area contributed by atoms with Crippen LogP contribution in [0.5, 0.6) is 0 Å². The highest BCUT2D eigenvalue weighted by atomic mass is 31.2. The number of phosphoric acid groups is 1. The summed E-state index contributed by atoms with van der Waals surface area (Å²) in [6.07, 6.45) is 51.5. The van der Waals surface area contributed by atoms with Crippen LogP contribution >= 0.6 is 7.82 Å². The van der Waals surface area contributed by atoms with Crippen molar-refractivity contribution in [2.45, 2.75) is 258 Å². The number of rotatable bonds is 66. The first-order chi connectivity index (χ1) is 36.1. The summed E-state index contributed by atoms with van der Waals surface area (Å²) in [4.78, 5) is 28.2. The first-order valence-corrected chi connectivity index (χ1v) is 28.8. The quantitative estimate of drug-likeness (QED) is 0.0196. The van der Waals surface area contributed by atoms with Crippen molar-refractivity contribution < 1.29 is 119 Å². The van der Waals surface area contributed by atoms with E-state index >= 15 is 0 Å². The molecule has 24 nitrogen and oxygen atoms in total. The molecule has 436 valence electrons. The van der Waals surface area contributed by atoms with Crippen molar-refractivity contribution in [3.8, 4) is 0 Å². The molecular formula is C48H95O24P. The molecule has 0 bridgehead atoms. The van der Waals surface area contributed by atoms with Crippen molar-refractivity contribution in [2.24, 2.45) is 0 Å². The molecule has 0 heterocycles. The molecule has 0 aromatic rings. The van der Waals surface area contributed by atoms with Crippen molar-refractivity contribution in [3.63, 3.8) is 0 Å². The lowest BCUT2D eigenvalue weighted by molar-refractivity contribution is -0.843. The van der Waals surface area contributed by atoms with Crippen LogP contribution in [0.25, 0.3) is 0 Å². The molecule has 0 aromatic carbocycles. The van der Waals surface area contributed by atoms with E-state index in [1.807, 2.05) is 0 Å². The topological polar surface area (TPSA) is 240 Å². The molecule has 0 atom stereocenters. The lowest BCUT2D eigenvalue weighted by Crippen LogP contribution is -2.05. The normalized spacial score (nSPS) is 12.8. The minimum Gasteiger partial charge on any atom is -0.314 e. The van der Waals surface area contributed by atoms with Crippen LogP contribution in [-0.4, -0.2) is 31.3 Å². The number of unbranched alkanes of at least 4 members (excludes halogenated alkanes) is 34. The van der Waals surface area contributed by atoms with Crippen LogP contribution < -0.4 is 0 Å². The molecular weight excluding hydrogens is 991 g/mol. The van der Waals surface area contributed by atoms with Gasteiger partial charge in [-0.15, -0.1) is 0 Å². The van der Waals surface area contributed by atoms with Gasteiger partial charge in [0.15, 0.2) is 0 Å². The summed E-state index contributed by atoms with van der Waals surface area (Å²) in [6, 6.07) is 0. The Labute approximate surface area is 434 Å². The van der Waals surface area contributed by atoms with E-state index < -0.39 is 7.82 Å². The Hall–Kier alpha value is -1.53. The van der Waals surface area contributed by atoms with Gasteiger partial charge in [-0.1, -0.05) is 206 Å². The van der Waals surface area contributed by atoms with Gasteiger partial charge in [0.25, 0.3) is 0 Å². The third-order valence-corrected chi connectivity index (χ3v) is 12.1. The van der Waals surface area contributed by atoms with E-state index in [0.29, 0.717) is 25.7 Å². The summed E-state index contributed by atoms with van der Waals surface area (Å²) < 4.78 is 21.7. The number of allylic oxidation sites excluding steroid dienone is 2. The second kappa shape index (κ2) is 64.8. The highest BCUT2D eigenvalue weighted by Crippen LogP contribution is 2.43. The van der Waals surface area contributed by atoms with Gasteiger partial charge in [0.05, 0.1) is 26.4 Å². The van der Waals surface area contributed by atoms with E-state index in [2.05, 4.69) is 114 Å². The van der Waals surface area contributed by atoms with E-state index in [-0.39, 0.29) is 26.4 Å². The summed E-state index contributed by atoms with van der Waals surface area (Å²) in [5.41, 5.74) is 0. The molecule has 0 fully saturated rings. The number of phosphoric ester groups is 1. The molecule has 25 heteroatoms. The zero-order valence-electron chi connectivity index (χ0n) is 44.3. The van der Waals surface area contributed by atoms with E-state index in [1.54, 1.807) is 12.2 Å². The summed E-state index contributed by atoms with van der Waals surface area (Å²) >= 11 is 0. The molecule has 0 rings (SSSR count). The van der Waals surface area contributed by atoms with E-state index in [4.69, 9.17) is 9.05 Å². The zero-order valence-corrected chi connectivity index (χ0v) is 45.2. The van der Waals surface area contributed by atoms with Gasteiger partial charge in [-0.3, -0.25) is 9.05 Å². The fourth-order valence-corrected chi connectivity index (χ4v) is 7.87. The van der Waals surface area contributed by atoms with Gasteiger partial charge in [-0.25, -0.2) is 14.3 Å². The highest BCUT2D eigenvalue weighted by molar-refractivity contribution is 7.47. The average Bonchev–Trinajstić information content (AvgIpc) is 3.39. The fourth-order valence-electron chi connectivity index (χ4n) is 7.08. The lowest BCUT2D eigenvalue weighted by atomic mass is 10.0. The van der Waals surface area contributed by atoms with Gasteiger partial charge in [0.2, 0.25) is 0 Å². The van der Waals surface area contributed by atoms with E-state index in [9.17, 15) is 9.46 Å². The van der Waals surface area contributed by atoms with Crippen molar-refractivity contribution in [3.05, 3.63) is 24.7 Å². The monoisotopic (exact) mass is 1090 g/mol. The minimum atomic E-state index is -4.28. The van der Waals surface area contributed by atoms with Crippen LogP contribution in [0.1, 0.15) is 258 Å². The molecule has 0 aromatic heterocycles. The van der Waals surface area contributed by atoms with Gasteiger partial charge in [-0.05, 0) is 104 Å². The van der Waals surface area contributed by atoms with Gasteiger partial charge in [-0.2, -0.15) is 0 Å². The molecule has 0 aliphatic heterocycles. The van der Waals surface area contributed by atoms with Gasteiger partial charge >= 0.3 is 7.82 Å².